The molecule has 1 aromatic heterocycles. The fourth-order valence-electron chi connectivity index (χ4n) is 1.77. The van der Waals surface area contributed by atoms with Gasteiger partial charge in [0.05, 0.1) is 12.1 Å². The normalized spacial score (nSPS) is 10.4. The van der Waals surface area contributed by atoms with E-state index < -0.39 is 0 Å². The first-order chi connectivity index (χ1) is 9.11. The minimum atomic E-state index is -0.152. The number of nitrogens with zero attached hydrogens (tertiary/aromatic N) is 1. The number of halogens is 1. The van der Waals surface area contributed by atoms with Gasteiger partial charge in [-0.25, -0.2) is 0 Å². The number of carbonyl (C=O) groups is 1. The van der Waals surface area contributed by atoms with Crippen LogP contribution in [0.15, 0.2) is 40.2 Å². The first-order valence-corrected chi connectivity index (χ1v) is 7.59. The smallest absolute Gasteiger partial charge is 0.257 e. The molecule has 0 spiro atoms. The Bertz CT molecular complexity index is 569. The number of phenolic OH excluding ortho intramolecular Hbond substituents is 1. The molecule has 0 radical (unpaired) electrons. The van der Waals surface area contributed by atoms with Crippen molar-refractivity contribution in [3.8, 4) is 5.75 Å². The Morgan fingerprint density at radius 1 is 1.42 bits per heavy atom. The van der Waals surface area contributed by atoms with Crippen molar-refractivity contribution in [2.24, 2.45) is 0 Å². The monoisotopic (exact) mass is 339 g/mol. The van der Waals surface area contributed by atoms with E-state index in [0.29, 0.717) is 18.7 Å². The van der Waals surface area contributed by atoms with Gasteiger partial charge < -0.3 is 10.0 Å². The van der Waals surface area contributed by atoms with E-state index in [-0.39, 0.29) is 11.7 Å². The van der Waals surface area contributed by atoms with Crippen molar-refractivity contribution in [1.82, 2.24) is 4.90 Å². The third kappa shape index (κ3) is 3.36. The average molecular weight is 340 g/mol. The van der Waals surface area contributed by atoms with E-state index in [1.165, 1.54) is 6.07 Å². The van der Waals surface area contributed by atoms with Gasteiger partial charge in [0, 0.05) is 15.9 Å². The highest BCUT2D eigenvalue weighted by Crippen LogP contribution is 2.24. The van der Waals surface area contributed by atoms with Crippen LogP contribution in [-0.4, -0.2) is 22.5 Å². The van der Waals surface area contributed by atoms with Gasteiger partial charge in [-0.15, -0.1) is 11.3 Å². The lowest BCUT2D eigenvalue weighted by Gasteiger charge is -2.20. The number of rotatable bonds is 4. The highest BCUT2D eigenvalue weighted by Gasteiger charge is 2.18. The van der Waals surface area contributed by atoms with E-state index in [1.54, 1.807) is 28.4 Å². The summed E-state index contributed by atoms with van der Waals surface area (Å²) >= 11 is 4.89. The molecule has 0 atom stereocenters. The molecule has 0 aliphatic rings. The number of carbonyl (C=O) groups excluding carboxylic acids is 1. The third-order valence-corrected chi connectivity index (χ3v) is 4.14. The molecule has 0 aliphatic carbocycles. The van der Waals surface area contributed by atoms with Crippen LogP contribution in [0.25, 0.3) is 0 Å². The number of phenols is 1. The number of benzene rings is 1. The summed E-state index contributed by atoms with van der Waals surface area (Å²) in [4.78, 5) is 15.2. The van der Waals surface area contributed by atoms with Gasteiger partial charge in [0.1, 0.15) is 5.75 Å². The summed E-state index contributed by atoms with van der Waals surface area (Å²) in [6.07, 6.45) is 0. The maximum absolute atomic E-state index is 12.4. The maximum Gasteiger partial charge on any atom is 0.257 e. The molecule has 0 saturated carbocycles. The fourth-order valence-corrected chi connectivity index (χ4v) is 2.84. The molecule has 0 fully saturated rings. The van der Waals surface area contributed by atoms with Gasteiger partial charge in [-0.1, -0.05) is 22.0 Å². The van der Waals surface area contributed by atoms with Crippen molar-refractivity contribution in [1.29, 1.82) is 0 Å². The van der Waals surface area contributed by atoms with Gasteiger partial charge in [0.25, 0.3) is 5.91 Å². The van der Waals surface area contributed by atoms with Crippen LogP contribution in [0.5, 0.6) is 5.75 Å². The Morgan fingerprint density at radius 3 is 2.79 bits per heavy atom. The van der Waals surface area contributed by atoms with E-state index in [9.17, 15) is 9.90 Å². The summed E-state index contributed by atoms with van der Waals surface area (Å²) in [5, 5.41) is 11.8. The second kappa shape index (κ2) is 6.21. The Hall–Kier alpha value is -1.33. The molecule has 0 aliphatic heterocycles. The zero-order valence-corrected chi connectivity index (χ0v) is 12.9. The molecule has 0 unspecified atom stereocenters. The Kier molecular flexibility index (Phi) is 4.61. The topological polar surface area (TPSA) is 40.5 Å². The Balaban J connectivity index is 2.20. The van der Waals surface area contributed by atoms with Crippen molar-refractivity contribution in [2.45, 2.75) is 13.5 Å². The lowest BCUT2D eigenvalue weighted by atomic mass is 10.1. The van der Waals surface area contributed by atoms with Crippen LogP contribution < -0.4 is 0 Å². The minimum Gasteiger partial charge on any atom is -0.507 e. The van der Waals surface area contributed by atoms with Crippen LogP contribution >= 0.6 is 27.3 Å². The van der Waals surface area contributed by atoms with Crippen LogP contribution in [0, 0.1) is 0 Å². The summed E-state index contributed by atoms with van der Waals surface area (Å²) in [5.74, 6) is -0.148. The largest absolute Gasteiger partial charge is 0.507 e. The second-order valence-electron chi connectivity index (χ2n) is 4.06. The number of hydrogen-bond acceptors (Lipinski definition) is 3. The van der Waals surface area contributed by atoms with Crippen molar-refractivity contribution in [3.05, 3.63) is 50.6 Å². The molecular weight excluding hydrogens is 326 g/mol. The standard InChI is InChI=1S/C14H14BrNO2S/c1-2-16(9-11-4-3-7-19-11)14(18)12-6-5-10(15)8-13(12)17/h3-8,17H,2,9H2,1H3. The van der Waals surface area contributed by atoms with Crippen LogP contribution in [0.4, 0.5) is 0 Å². The molecule has 1 amide bonds. The van der Waals surface area contributed by atoms with Crippen LogP contribution in [0.3, 0.4) is 0 Å². The van der Waals surface area contributed by atoms with Crippen molar-refractivity contribution >= 4 is 33.2 Å². The predicted octanol–water partition coefficient (Wildman–Crippen LogP) is 3.88. The van der Waals surface area contributed by atoms with Gasteiger partial charge in [0.2, 0.25) is 0 Å². The lowest BCUT2D eigenvalue weighted by molar-refractivity contribution is 0.0751. The molecule has 2 aromatic rings. The molecule has 3 nitrogen and oxygen atoms in total. The van der Waals surface area contributed by atoms with Gasteiger partial charge in [-0.3, -0.25) is 4.79 Å². The zero-order chi connectivity index (χ0) is 13.8. The molecule has 2 rings (SSSR count). The van der Waals surface area contributed by atoms with Crippen LogP contribution in [0.2, 0.25) is 0 Å². The number of amides is 1. The van der Waals surface area contributed by atoms with E-state index >= 15 is 0 Å². The van der Waals surface area contributed by atoms with Gasteiger partial charge in [0.15, 0.2) is 0 Å². The highest BCUT2D eigenvalue weighted by molar-refractivity contribution is 9.10. The highest BCUT2D eigenvalue weighted by atomic mass is 79.9. The SMILES string of the molecule is CCN(Cc1cccs1)C(=O)c1ccc(Br)cc1O. The second-order valence-corrected chi connectivity index (χ2v) is 6.01. The molecule has 1 heterocycles. The van der Waals surface area contributed by atoms with E-state index in [2.05, 4.69) is 15.9 Å². The molecule has 0 bridgehead atoms. The van der Waals surface area contributed by atoms with Gasteiger partial charge in [-0.05, 0) is 36.6 Å². The zero-order valence-electron chi connectivity index (χ0n) is 10.5. The quantitative estimate of drug-likeness (QED) is 0.918. The van der Waals surface area contributed by atoms with Crippen LogP contribution in [-0.2, 0) is 6.54 Å². The Morgan fingerprint density at radius 2 is 2.21 bits per heavy atom. The molecule has 5 heteroatoms. The summed E-state index contributed by atoms with van der Waals surface area (Å²) in [6.45, 7) is 3.11. The van der Waals surface area contributed by atoms with Gasteiger partial charge in [-0.2, -0.15) is 0 Å². The minimum absolute atomic E-state index is 0.00371. The number of hydrogen-bond donors (Lipinski definition) is 1. The lowest BCUT2D eigenvalue weighted by Crippen LogP contribution is -2.30. The molecular formula is C14H14BrNO2S. The Labute approximate surface area is 124 Å². The summed E-state index contributed by atoms with van der Waals surface area (Å²) < 4.78 is 0.753. The predicted molar refractivity (Wildman–Crippen MR) is 80.5 cm³/mol. The van der Waals surface area contributed by atoms with E-state index in [1.807, 2.05) is 24.4 Å². The third-order valence-electron chi connectivity index (χ3n) is 2.79. The average Bonchev–Trinajstić information content (AvgIpc) is 2.88. The van der Waals surface area contributed by atoms with Crippen molar-refractivity contribution in [2.75, 3.05) is 6.54 Å². The molecule has 1 N–H and O–H groups in total. The fraction of sp³-hybridized carbons (Fsp3) is 0.214. The van der Waals surface area contributed by atoms with Gasteiger partial charge >= 0.3 is 0 Å². The van der Waals surface area contributed by atoms with E-state index in [4.69, 9.17) is 0 Å². The number of aromatic hydroxyl groups is 1. The molecule has 0 saturated heterocycles. The van der Waals surface area contributed by atoms with Crippen LogP contribution in [0.1, 0.15) is 22.2 Å². The summed E-state index contributed by atoms with van der Waals surface area (Å²) in [5.41, 5.74) is 0.335. The van der Waals surface area contributed by atoms with Crippen molar-refractivity contribution < 1.29 is 9.90 Å². The maximum atomic E-state index is 12.4. The molecule has 19 heavy (non-hydrogen) atoms. The number of thiophene rings is 1. The first kappa shape index (κ1) is 14.1. The summed E-state index contributed by atoms with van der Waals surface area (Å²) in [7, 11) is 0. The molecule has 1 aromatic carbocycles. The summed E-state index contributed by atoms with van der Waals surface area (Å²) in [6, 6.07) is 8.90. The van der Waals surface area contributed by atoms with Crippen molar-refractivity contribution in [3.63, 3.8) is 0 Å². The first-order valence-electron chi connectivity index (χ1n) is 5.92. The van der Waals surface area contributed by atoms with E-state index in [0.717, 1.165) is 9.35 Å². The molecule has 100 valence electrons.